The van der Waals surface area contributed by atoms with E-state index >= 15 is 0 Å². The maximum atomic E-state index is 9.00. The molecule has 1 unspecified atom stereocenters. The summed E-state index contributed by atoms with van der Waals surface area (Å²) in [6.45, 7) is 0. The molecule has 1 atom stereocenters. The predicted molar refractivity (Wildman–Crippen MR) is 109 cm³/mol. The van der Waals surface area contributed by atoms with E-state index < -0.39 is 0 Å². The molecule has 6 heteroatoms. The average Bonchev–Trinajstić information content (AvgIpc) is 2.67. The molecule has 0 amide bonds. The van der Waals surface area contributed by atoms with Crippen LogP contribution in [0.5, 0.6) is 0 Å². The van der Waals surface area contributed by atoms with Crippen LogP contribution in [0.25, 0.3) is 33.4 Å². The Kier molecular flexibility index (Phi) is 4.55. The summed E-state index contributed by atoms with van der Waals surface area (Å²) in [5.41, 5.74) is 5.20. The molecule has 0 saturated heterocycles. The first-order valence-electron chi connectivity index (χ1n) is 7.83. The van der Waals surface area contributed by atoms with Gasteiger partial charge >= 0.3 is 168 Å². The molecule has 0 bridgehead atoms. The first-order valence-corrected chi connectivity index (χ1v) is 9.84. The van der Waals surface area contributed by atoms with Gasteiger partial charge in [-0.15, -0.1) is 0 Å². The molecule has 26 heavy (non-hydrogen) atoms. The van der Waals surface area contributed by atoms with Crippen molar-refractivity contribution in [2.75, 3.05) is 0 Å². The minimum atomic E-state index is 0.627. The molecule has 4 aromatic rings. The molecule has 0 aliphatic heterocycles. The molecular formula is C20H12AsBrN4. The molecule has 0 aliphatic carbocycles. The normalized spacial score (nSPS) is 10.7. The van der Waals surface area contributed by atoms with E-state index in [9.17, 15) is 0 Å². The second kappa shape index (κ2) is 6.99. The number of nitrogens with zero attached hydrogens (tertiary/aromatic N) is 4. The number of fused-ring (bicyclic) bond motifs is 1. The van der Waals surface area contributed by atoms with Crippen molar-refractivity contribution in [2.45, 2.75) is 0 Å². The average molecular weight is 463 g/mol. The van der Waals surface area contributed by atoms with E-state index in [-0.39, 0.29) is 0 Å². The number of rotatable bonds is 2. The predicted octanol–water partition coefficient (Wildman–Crippen LogP) is 3.25. The first kappa shape index (κ1) is 16.9. The van der Waals surface area contributed by atoms with Crippen molar-refractivity contribution in [2.24, 2.45) is 0 Å². The van der Waals surface area contributed by atoms with Crippen LogP contribution < -0.4 is 4.48 Å². The number of pyridine rings is 1. The van der Waals surface area contributed by atoms with Gasteiger partial charge in [-0.05, 0) is 0 Å². The van der Waals surface area contributed by atoms with E-state index in [4.69, 9.17) is 10.2 Å². The molecule has 4 nitrogen and oxygen atoms in total. The van der Waals surface area contributed by atoms with Gasteiger partial charge in [0.05, 0.1) is 0 Å². The topological polar surface area (TPSA) is 62.5 Å². The van der Waals surface area contributed by atoms with Crippen LogP contribution in [-0.2, 0) is 0 Å². The van der Waals surface area contributed by atoms with E-state index in [1.165, 1.54) is 16.9 Å². The van der Waals surface area contributed by atoms with Crippen molar-refractivity contribution in [1.29, 1.82) is 5.26 Å². The summed E-state index contributed by atoms with van der Waals surface area (Å²) >= 11 is 5.00. The van der Waals surface area contributed by atoms with Gasteiger partial charge < -0.3 is 0 Å². The molecule has 124 valence electrons. The third kappa shape index (κ3) is 3.14. The SMILES string of the molecule is N#Cc1ccc(-c2cc(-c3cccc(Br)c3)c3c([AsH2])ncnc3n2)cc1. The van der Waals surface area contributed by atoms with Gasteiger partial charge in [-0.25, -0.2) is 0 Å². The first-order chi connectivity index (χ1) is 12.7. The molecule has 0 fully saturated rings. The van der Waals surface area contributed by atoms with Crippen LogP contribution >= 0.6 is 15.9 Å². The minimum absolute atomic E-state index is 0.627. The van der Waals surface area contributed by atoms with Gasteiger partial charge in [0.2, 0.25) is 0 Å². The Balaban J connectivity index is 2.00. The summed E-state index contributed by atoms with van der Waals surface area (Å²) in [6.07, 6.45) is 1.56. The van der Waals surface area contributed by atoms with Crippen molar-refractivity contribution >= 4 is 48.3 Å². The molecule has 0 saturated carbocycles. The molecule has 0 N–H and O–H groups in total. The number of halogens is 1. The van der Waals surface area contributed by atoms with Crippen LogP contribution in [-0.4, -0.2) is 31.8 Å². The number of hydrogen-bond acceptors (Lipinski definition) is 4. The summed E-state index contributed by atoms with van der Waals surface area (Å²) in [5, 5.41) is 9.98. The van der Waals surface area contributed by atoms with Crippen LogP contribution in [0.3, 0.4) is 0 Å². The fourth-order valence-corrected chi connectivity index (χ4v) is 3.97. The van der Waals surface area contributed by atoms with Crippen LogP contribution in [0.4, 0.5) is 0 Å². The van der Waals surface area contributed by atoms with Crippen molar-refractivity contribution in [3.8, 4) is 28.5 Å². The van der Waals surface area contributed by atoms with Crippen molar-refractivity contribution in [3.05, 3.63) is 71.0 Å². The zero-order valence-electron chi connectivity index (χ0n) is 13.5. The van der Waals surface area contributed by atoms with Crippen LogP contribution in [0, 0.1) is 11.3 Å². The van der Waals surface area contributed by atoms with Crippen molar-refractivity contribution in [3.63, 3.8) is 0 Å². The summed E-state index contributed by atoms with van der Waals surface area (Å²) < 4.78 is 1.97. The number of benzene rings is 2. The summed E-state index contributed by atoms with van der Waals surface area (Å²) in [4.78, 5) is 13.5. The van der Waals surface area contributed by atoms with Crippen LogP contribution in [0.2, 0.25) is 0 Å². The van der Waals surface area contributed by atoms with Gasteiger partial charge in [-0.1, -0.05) is 0 Å². The number of nitriles is 1. The molecule has 2 heterocycles. The molecule has 0 aliphatic rings. The van der Waals surface area contributed by atoms with Crippen molar-refractivity contribution < 1.29 is 0 Å². The van der Waals surface area contributed by atoms with Crippen molar-refractivity contribution in [1.82, 2.24) is 15.0 Å². The van der Waals surface area contributed by atoms with E-state index in [0.717, 1.165) is 36.7 Å². The van der Waals surface area contributed by atoms with Gasteiger partial charge in [0.25, 0.3) is 0 Å². The molecule has 4 rings (SSSR count). The van der Waals surface area contributed by atoms with E-state index in [0.29, 0.717) is 11.2 Å². The van der Waals surface area contributed by atoms with Gasteiger partial charge in [0, 0.05) is 0 Å². The van der Waals surface area contributed by atoms with E-state index in [2.05, 4.69) is 50.2 Å². The van der Waals surface area contributed by atoms with Crippen LogP contribution in [0.1, 0.15) is 5.56 Å². The molecular weight excluding hydrogens is 451 g/mol. The number of hydrogen-bond donors (Lipinski definition) is 0. The fraction of sp³-hybridized carbons (Fsp3) is 0. The number of aromatic nitrogens is 3. The zero-order valence-corrected chi connectivity index (χ0v) is 17.5. The Morgan fingerprint density at radius 1 is 0.962 bits per heavy atom. The van der Waals surface area contributed by atoms with E-state index in [1.807, 2.05) is 24.3 Å². The quantitative estimate of drug-likeness (QED) is 0.429. The third-order valence-corrected chi connectivity index (χ3v) is 5.49. The molecule has 2 aromatic carbocycles. The summed E-state index contributed by atoms with van der Waals surface area (Å²) in [5.74, 6) is 0. The van der Waals surface area contributed by atoms with Crippen LogP contribution in [0.15, 0.2) is 65.4 Å². The fourth-order valence-electron chi connectivity index (χ4n) is 2.83. The Hall–Kier alpha value is -2.54. The molecule has 2 aromatic heterocycles. The Labute approximate surface area is 167 Å². The van der Waals surface area contributed by atoms with Gasteiger partial charge in [-0.2, -0.15) is 0 Å². The molecule has 0 radical (unpaired) electrons. The zero-order chi connectivity index (χ0) is 18.1. The van der Waals surface area contributed by atoms with Gasteiger partial charge in [0.15, 0.2) is 0 Å². The second-order valence-electron chi connectivity index (χ2n) is 5.71. The molecule has 0 spiro atoms. The Morgan fingerprint density at radius 3 is 2.50 bits per heavy atom. The standard InChI is InChI=1S/C20H12AsBrN4/c21-19-18-16(14-2-1-3-15(22)8-14)9-17(26-20(18)25-11-24-19)13-6-4-12(10-23)5-7-13/h1-9,11H,21H2. The Morgan fingerprint density at radius 2 is 1.77 bits per heavy atom. The Bertz CT molecular complexity index is 1170. The maximum absolute atomic E-state index is 9.00. The summed E-state index contributed by atoms with van der Waals surface area (Å²) in [6, 6.07) is 19.8. The second-order valence-corrected chi connectivity index (χ2v) is 7.78. The van der Waals surface area contributed by atoms with E-state index in [1.54, 1.807) is 18.5 Å². The summed E-state index contributed by atoms with van der Waals surface area (Å²) in [7, 11) is 0. The van der Waals surface area contributed by atoms with Gasteiger partial charge in [0.1, 0.15) is 0 Å². The monoisotopic (exact) mass is 462 g/mol. The third-order valence-electron chi connectivity index (χ3n) is 4.08. The van der Waals surface area contributed by atoms with Gasteiger partial charge in [-0.3, -0.25) is 0 Å².